The summed E-state index contributed by atoms with van der Waals surface area (Å²) in [5, 5.41) is 9.20. The molecule has 1 aromatic carbocycles. The molecule has 0 aliphatic carbocycles. The van der Waals surface area contributed by atoms with Crippen LogP contribution in [0.25, 0.3) is 0 Å². The summed E-state index contributed by atoms with van der Waals surface area (Å²) in [6.07, 6.45) is 1.29. The van der Waals surface area contributed by atoms with Crippen LogP contribution in [-0.2, 0) is 4.74 Å². The van der Waals surface area contributed by atoms with E-state index in [1.807, 2.05) is 6.92 Å². The third-order valence-corrected chi connectivity index (χ3v) is 2.01. The molecule has 1 aromatic rings. The molecule has 1 heterocycles. The number of fused-ring (bicyclic) bond motifs is 1. The summed E-state index contributed by atoms with van der Waals surface area (Å²) in [6.45, 7) is 2.29. The van der Waals surface area contributed by atoms with Gasteiger partial charge in [-0.15, -0.1) is 0 Å². The number of ketones is 1. The summed E-state index contributed by atoms with van der Waals surface area (Å²) in [5.41, 5.74) is 0.443. The van der Waals surface area contributed by atoms with Gasteiger partial charge in [0.25, 0.3) is 0 Å². The smallest absolute Gasteiger partial charge is 0.235 e. The second-order valence-electron chi connectivity index (χ2n) is 3.05. The van der Waals surface area contributed by atoms with Gasteiger partial charge in [-0.1, -0.05) is 0 Å². The van der Waals surface area contributed by atoms with Gasteiger partial charge in [0.15, 0.2) is 0 Å². The molecule has 4 nitrogen and oxygen atoms in total. The fourth-order valence-electron chi connectivity index (χ4n) is 1.32. The first-order chi connectivity index (χ1) is 7.22. The lowest BCUT2D eigenvalue weighted by Crippen LogP contribution is -1.99. The average molecular weight is 206 g/mol. The first-order valence-corrected chi connectivity index (χ1v) is 4.59. The Labute approximate surface area is 86.7 Å². The molecule has 0 spiro atoms. The van der Waals surface area contributed by atoms with Crippen LogP contribution < -0.4 is 4.74 Å². The average Bonchev–Trinajstić information content (AvgIpc) is 2.52. The Morgan fingerprint density at radius 1 is 1.53 bits per heavy atom. The topological polar surface area (TPSA) is 55.8 Å². The van der Waals surface area contributed by atoms with Crippen LogP contribution in [0.1, 0.15) is 17.3 Å². The van der Waals surface area contributed by atoms with Gasteiger partial charge in [0.1, 0.15) is 17.8 Å². The Morgan fingerprint density at radius 3 is 3.07 bits per heavy atom. The number of phenols is 1. The summed E-state index contributed by atoms with van der Waals surface area (Å²) in [5.74, 6) is 0.362. The van der Waals surface area contributed by atoms with Crippen molar-refractivity contribution in [2.75, 3.05) is 6.61 Å². The van der Waals surface area contributed by atoms with Crippen molar-refractivity contribution in [1.29, 1.82) is 0 Å². The van der Waals surface area contributed by atoms with E-state index in [1.54, 1.807) is 0 Å². The van der Waals surface area contributed by atoms with Crippen LogP contribution in [-0.4, -0.2) is 17.5 Å². The third kappa shape index (κ3) is 1.66. The highest BCUT2D eigenvalue weighted by atomic mass is 16.5. The molecule has 15 heavy (non-hydrogen) atoms. The van der Waals surface area contributed by atoms with Crippen LogP contribution >= 0.6 is 0 Å². The highest BCUT2D eigenvalue weighted by molar-refractivity contribution is 6.12. The fourth-order valence-corrected chi connectivity index (χ4v) is 1.32. The van der Waals surface area contributed by atoms with Crippen molar-refractivity contribution in [2.24, 2.45) is 0 Å². The van der Waals surface area contributed by atoms with Gasteiger partial charge in [0.05, 0.1) is 12.2 Å². The lowest BCUT2D eigenvalue weighted by Gasteiger charge is -1.98. The zero-order chi connectivity index (χ0) is 10.8. The molecule has 4 heteroatoms. The Kier molecular flexibility index (Phi) is 2.33. The number of hydrogen-bond donors (Lipinski definition) is 1. The minimum absolute atomic E-state index is 0.0687. The van der Waals surface area contributed by atoms with Crippen molar-refractivity contribution >= 4 is 5.78 Å². The van der Waals surface area contributed by atoms with Crippen molar-refractivity contribution in [3.05, 3.63) is 35.8 Å². The quantitative estimate of drug-likeness (QED) is 0.592. The second-order valence-corrected chi connectivity index (χ2v) is 3.05. The maximum atomic E-state index is 11.7. The van der Waals surface area contributed by atoms with E-state index in [1.165, 1.54) is 24.5 Å². The maximum Gasteiger partial charge on any atom is 0.235 e. The number of Topliss-reactive ketones (excluding diaryl/α,β-unsaturated/α-hetero) is 1. The normalized spacial score (nSPS) is 16.3. The van der Waals surface area contributed by atoms with Gasteiger partial charge in [0.2, 0.25) is 11.5 Å². The predicted molar refractivity (Wildman–Crippen MR) is 52.8 cm³/mol. The van der Waals surface area contributed by atoms with Crippen molar-refractivity contribution in [1.82, 2.24) is 0 Å². The number of carbonyl (C=O) groups is 1. The van der Waals surface area contributed by atoms with E-state index in [2.05, 4.69) is 0 Å². The fraction of sp³-hybridized carbons (Fsp3) is 0.182. The first-order valence-electron chi connectivity index (χ1n) is 4.59. The molecular weight excluding hydrogens is 196 g/mol. The van der Waals surface area contributed by atoms with Crippen LogP contribution in [0.3, 0.4) is 0 Å². The third-order valence-electron chi connectivity index (χ3n) is 2.01. The van der Waals surface area contributed by atoms with Crippen LogP contribution in [0, 0.1) is 0 Å². The van der Waals surface area contributed by atoms with Gasteiger partial charge < -0.3 is 14.6 Å². The van der Waals surface area contributed by atoms with Gasteiger partial charge in [-0.05, 0) is 19.1 Å². The SMILES string of the molecule is CCO/C=C1\Oc2cc(O)ccc2C1=O. The zero-order valence-electron chi connectivity index (χ0n) is 8.19. The Morgan fingerprint density at radius 2 is 2.33 bits per heavy atom. The summed E-state index contributed by atoms with van der Waals surface area (Å²) >= 11 is 0. The molecule has 0 bridgehead atoms. The molecule has 0 atom stereocenters. The highest BCUT2D eigenvalue weighted by Crippen LogP contribution is 2.33. The minimum Gasteiger partial charge on any atom is -0.508 e. The number of carbonyl (C=O) groups excluding carboxylic acids is 1. The number of aromatic hydroxyl groups is 1. The predicted octanol–water partition coefficient (Wildman–Crippen LogP) is 1.85. The van der Waals surface area contributed by atoms with Crippen molar-refractivity contribution in [3.63, 3.8) is 0 Å². The van der Waals surface area contributed by atoms with E-state index < -0.39 is 0 Å². The molecule has 1 aliphatic rings. The van der Waals surface area contributed by atoms with E-state index in [9.17, 15) is 9.90 Å². The molecule has 1 N–H and O–H groups in total. The number of rotatable bonds is 2. The van der Waals surface area contributed by atoms with Gasteiger partial charge in [0, 0.05) is 6.07 Å². The Bertz CT molecular complexity index is 434. The molecule has 1 aliphatic heterocycles. The van der Waals surface area contributed by atoms with E-state index in [0.29, 0.717) is 17.9 Å². The number of benzene rings is 1. The molecule has 2 rings (SSSR count). The van der Waals surface area contributed by atoms with Gasteiger partial charge >= 0.3 is 0 Å². The van der Waals surface area contributed by atoms with E-state index in [-0.39, 0.29) is 17.3 Å². The van der Waals surface area contributed by atoms with Gasteiger partial charge in [-0.25, -0.2) is 0 Å². The largest absolute Gasteiger partial charge is 0.508 e. The lowest BCUT2D eigenvalue weighted by atomic mass is 10.1. The van der Waals surface area contributed by atoms with E-state index in [0.717, 1.165) is 0 Å². The molecular formula is C11H10O4. The first kappa shape index (κ1) is 9.58. The summed E-state index contributed by atoms with van der Waals surface area (Å²) in [4.78, 5) is 11.7. The van der Waals surface area contributed by atoms with Gasteiger partial charge in [-0.2, -0.15) is 0 Å². The van der Waals surface area contributed by atoms with Crippen molar-refractivity contribution < 1.29 is 19.4 Å². The molecule has 0 saturated carbocycles. The molecule has 0 aromatic heterocycles. The van der Waals surface area contributed by atoms with Gasteiger partial charge in [-0.3, -0.25) is 4.79 Å². The maximum absolute atomic E-state index is 11.7. The second kappa shape index (κ2) is 3.65. The number of phenolic OH excluding ortho intramolecular Hbond substituents is 1. The van der Waals surface area contributed by atoms with E-state index in [4.69, 9.17) is 9.47 Å². The molecule has 0 fully saturated rings. The summed E-state index contributed by atoms with van der Waals surface area (Å²) in [6, 6.07) is 4.38. The summed E-state index contributed by atoms with van der Waals surface area (Å²) in [7, 11) is 0. The number of ether oxygens (including phenoxy) is 2. The van der Waals surface area contributed by atoms with Crippen LogP contribution in [0.5, 0.6) is 11.5 Å². The van der Waals surface area contributed by atoms with E-state index >= 15 is 0 Å². The standard InChI is InChI=1S/C11H10O4/c1-2-14-6-10-11(13)8-4-3-7(12)5-9(8)15-10/h3-6,12H,2H2,1H3/b10-6-. The van der Waals surface area contributed by atoms with Crippen LogP contribution in [0.4, 0.5) is 0 Å². The number of hydrogen-bond acceptors (Lipinski definition) is 4. The summed E-state index contributed by atoms with van der Waals surface area (Å²) < 4.78 is 10.2. The molecule has 0 radical (unpaired) electrons. The molecule has 78 valence electrons. The molecule has 0 amide bonds. The molecule has 0 unspecified atom stereocenters. The lowest BCUT2D eigenvalue weighted by molar-refractivity contribution is 0.100. The number of allylic oxidation sites excluding steroid dienone is 1. The van der Waals surface area contributed by atoms with Crippen molar-refractivity contribution in [2.45, 2.75) is 6.92 Å². The van der Waals surface area contributed by atoms with Crippen LogP contribution in [0.2, 0.25) is 0 Å². The molecule has 0 saturated heterocycles. The van der Waals surface area contributed by atoms with Crippen LogP contribution in [0.15, 0.2) is 30.2 Å². The van der Waals surface area contributed by atoms with Crippen molar-refractivity contribution in [3.8, 4) is 11.5 Å². The zero-order valence-corrected chi connectivity index (χ0v) is 8.19. The highest BCUT2D eigenvalue weighted by Gasteiger charge is 2.27. The Balaban J connectivity index is 2.33. The minimum atomic E-state index is -0.224. The Hall–Kier alpha value is -1.97. The monoisotopic (exact) mass is 206 g/mol.